The van der Waals surface area contributed by atoms with E-state index in [4.69, 9.17) is 4.74 Å². The van der Waals surface area contributed by atoms with Crippen LogP contribution in [0.1, 0.15) is 11.1 Å². The highest BCUT2D eigenvalue weighted by molar-refractivity contribution is 5.46. The minimum atomic E-state index is -0.813. The Morgan fingerprint density at radius 3 is 1.84 bits per heavy atom. The second-order valence-corrected chi connectivity index (χ2v) is 10.2. The molecule has 0 aliphatic carbocycles. The Balaban J connectivity index is 1.32. The predicted molar refractivity (Wildman–Crippen MR) is 143 cm³/mol. The zero-order valence-corrected chi connectivity index (χ0v) is 21.4. The summed E-state index contributed by atoms with van der Waals surface area (Å²) in [6.07, 6.45) is -1.81. The molecule has 2 saturated heterocycles. The maximum absolute atomic E-state index is 13.5. The van der Waals surface area contributed by atoms with Crippen LogP contribution < -0.4 is 4.90 Å². The van der Waals surface area contributed by atoms with Gasteiger partial charge in [-0.1, -0.05) is 42.5 Å². The molecule has 0 spiro atoms. The molecular formula is C30H35F2N3O3. The van der Waals surface area contributed by atoms with Crippen molar-refractivity contribution >= 4 is 5.69 Å². The summed E-state index contributed by atoms with van der Waals surface area (Å²) < 4.78 is 33.3. The molecule has 4 unspecified atom stereocenters. The summed E-state index contributed by atoms with van der Waals surface area (Å²) in [5.74, 6) is -0.580. The molecule has 3 aromatic carbocycles. The van der Waals surface area contributed by atoms with E-state index in [-0.39, 0.29) is 30.4 Å². The Bertz CT molecular complexity index is 1090. The fraction of sp³-hybridized carbons (Fsp3) is 0.400. The third kappa shape index (κ3) is 6.39. The Morgan fingerprint density at radius 1 is 0.763 bits per heavy atom. The highest BCUT2D eigenvalue weighted by atomic mass is 19.1. The van der Waals surface area contributed by atoms with Crippen LogP contribution in [0.5, 0.6) is 0 Å². The second kappa shape index (κ2) is 12.3. The van der Waals surface area contributed by atoms with Crippen LogP contribution in [0.15, 0.2) is 78.9 Å². The Hall–Kier alpha value is -2.88. The summed E-state index contributed by atoms with van der Waals surface area (Å²) in [5.41, 5.74) is 3.07. The molecule has 2 aliphatic rings. The second-order valence-electron chi connectivity index (χ2n) is 10.2. The average molecular weight is 524 g/mol. The highest BCUT2D eigenvalue weighted by Gasteiger charge is 2.47. The molecule has 202 valence electrons. The van der Waals surface area contributed by atoms with Crippen LogP contribution in [-0.2, 0) is 17.8 Å². The number of rotatable bonds is 9. The molecule has 2 N–H and O–H groups in total. The number of aliphatic hydroxyl groups excluding tert-OH is 2. The Labute approximate surface area is 222 Å². The standard InChI is InChI=1S/C30H35F2N3O3/c31-24-10-6-22(7-11-24)18-33(19-23-8-12-25(32)13-9-23)20-27-29(30(37)28(21-36)38-27)35-16-14-34(15-17-35)26-4-2-1-3-5-26/h1-13,27-30,36-37H,14-21H2. The number of hydrogen-bond donors (Lipinski definition) is 2. The fourth-order valence-corrected chi connectivity index (χ4v) is 5.63. The minimum absolute atomic E-state index is 0.256. The molecular weight excluding hydrogens is 488 g/mol. The van der Waals surface area contributed by atoms with Crippen LogP contribution in [-0.4, -0.2) is 83.7 Å². The van der Waals surface area contributed by atoms with Crippen LogP contribution in [0.4, 0.5) is 14.5 Å². The van der Waals surface area contributed by atoms with Gasteiger partial charge in [-0.2, -0.15) is 0 Å². The van der Waals surface area contributed by atoms with E-state index in [0.29, 0.717) is 19.6 Å². The molecule has 0 aromatic heterocycles. The third-order valence-corrected chi connectivity index (χ3v) is 7.58. The molecule has 6 nitrogen and oxygen atoms in total. The molecule has 38 heavy (non-hydrogen) atoms. The molecule has 3 aromatic rings. The lowest BCUT2D eigenvalue weighted by molar-refractivity contribution is -0.0325. The molecule has 0 radical (unpaired) electrons. The van der Waals surface area contributed by atoms with Crippen molar-refractivity contribution in [1.29, 1.82) is 0 Å². The summed E-state index contributed by atoms with van der Waals surface area (Å²) in [7, 11) is 0. The quantitative estimate of drug-likeness (QED) is 0.449. The minimum Gasteiger partial charge on any atom is -0.394 e. The van der Waals surface area contributed by atoms with E-state index in [1.165, 1.54) is 30.0 Å². The molecule has 2 fully saturated rings. The summed E-state index contributed by atoms with van der Waals surface area (Å²) in [6.45, 7) is 4.50. The van der Waals surface area contributed by atoms with Crippen LogP contribution >= 0.6 is 0 Å². The van der Waals surface area contributed by atoms with E-state index in [0.717, 1.165) is 37.3 Å². The van der Waals surface area contributed by atoms with Crippen molar-refractivity contribution in [1.82, 2.24) is 9.80 Å². The van der Waals surface area contributed by atoms with E-state index in [1.54, 1.807) is 24.3 Å². The number of anilines is 1. The topological polar surface area (TPSA) is 59.4 Å². The summed E-state index contributed by atoms with van der Waals surface area (Å²) in [4.78, 5) is 6.79. The van der Waals surface area contributed by atoms with Crippen LogP contribution in [0, 0.1) is 11.6 Å². The smallest absolute Gasteiger partial charge is 0.123 e. The summed E-state index contributed by atoms with van der Waals surface area (Å²) in [6, 6.07) is 22.8. The van der Waals surface area contributed by atoms with Crippen LogP contribution in [0.2, 0.25) is 0 Å². The summed E-state index contributed by atoms with van der Waals surface area (Å²) >= 11 is 0. The van der Waals surface area contributed by atoms with Crippen LogP contribution in [0.25, 0.3) is 0 Å². The van der Waals surface area contributed by atoms with Gasteiger partial charge in [-0.25, -0.2) is 8.78 Å². The van der Waals surface area contributed by atoms with Crippen molar-refractivity contribution in [3.05, 3.63) is 102 Å². The zero-order chi connectivity index (χ0) is 26.5. The van der Waals surface area contributed by atoms with E-state index < -0.39 is 12.2 Å². The number of halogens is 2. The molecule has 0 saturated carbocycles. The van der Waals surface area contributed by atoms with E-state index in [2.05, 4.69) is 26.8 Å². The molecule has 2 heterocycles. The van der Waals surface area contributed by atoms with Crippen molar-refractivity contribution in [2.24, 2.45) is 0 Å². The lowest BCUT2D eigenvalue weighted by Gasteiger charge is -2.42. The SMILES string of the molecule is OCC1OC(CN(Cc2ccc(F)cc2)Cc2ccc(F)cc2)C(N2CCN(c3ccccc3)CC2)C1O. The predicted octanol–water partition coefficient (Wildman–Crippen LogP) is 3.28. The largest absolute Gasteiger partial charge is 0.394 e. The van der Waals surface area contributed by atoms with Gasteiger partial charge in [0.05, 0.1) is 18.8 Å². The van der Waals surface area contributed by atoms with Crippen molar-refractivity contribution in [3.8, 4) is 0 Å². The first-order valence-corrected chi connectivity index (χ1v) is 13.2. The van der Waals surface area contributed by atoms with Crippen molar-refractivity contribution in [2.75, 3.05) is 44.2 Å². The Morgan fingerprint density at radius 2 is 1.32 bits per heavy atom. The zero-order valence-electron chi connectivity index (χ0n) is 21.4. The van der Waals surface area contributed by atoms with Gasteiger partial charge in [0.25, 0.3) is 0 Å². The maximum atomic E-state index is 13.5. The van der Waals surface area contributed by atoms with Gasteiger partial charge in [0.2, 0.25) is 0 Å². The maximum Gasteiger partial charge on any atom is 0.123 e. The average Bonchev–Trinajstić information content (AvgIpc) is 3.26. The van der Waals surface area contributed by atoms with Gasteiger partial charge in [-0.15, -0.1) is 0 Å². The van der Waals surface area contributed by atoms with Gasteiger partial charge >= 0.3 is 0 Å². The first-order chi connectivity index (χ1) is 18.5. The van der Waals surface area contributed by atoms with Gasteiger partial charge in [0.15, 0.2) is 0 Å². The number of benzene rings is 3. The van der Waals surface area contributed by atoms with E-state index >= 15 is 0 Å². The first kappa shape index (κ1) is 26.7. The van der Waals surface area contributed by atoms with Crippen molar-refractivity contribution in [3.63, 3.8) is 0 Å². The summed E-state index contributed by atoms with van der Waals surface area (Å²) in [5, 5.41) is 21.1. The monoisotopic (exact) mass is 523 g/mol. The highest BCUT2D eigenvalue weighted by Crippen LogP contribution is 2.29. The van der Waals surface area contributed by atoms with E-state index in [9.17, 15) is 19.0 Å². The fourth-order valence-electron chi connectivity index (χ4n) is 5.63. The number of piperazine rings is 1. The Kier molecular flexibility index (Phi) is 8.66. The number of hydrogen-bond acceptors (Lipinski definition) is 6. The number of para-hydroxylation sites is 1. The molecule has 5 rings (SSSR count). The lowest BCUT2D eigenvalue weighted by atomic mass is 10.0. The van der Waals surface area contributed by atoms with Gasteiger partial charge in [0.1, 0.15) is 23.8 Å². The normalized spacial score (nSPS) is 24.3. The first-order valence-electron chi connectivity index (χ1n) is 13.2. The van der Waals surface area contributed by atoms with E-state index in [1.807, 2.05) is 18.2 Å². The molecule has 0 bridgehead atoms. The van der Waals surface area contributed by atoms with Gasteiger partial charge in [0, 0.05) is 51.5 Å². The molecule has 4 atom stereocenters. The van der Waals surface area contributed by atoms with Crippen molar-refractivity contribution < 1.29 is 23.7 Å². The van der Waals surface area contributed by atoms with Crippen LogP contribution in [0.3, 0.4) is 0 Å². The number of ether oxygens (including phenoxy) is 1. The van der Waals surface area contributed by atoms with Crippen molar-refractivity contribution in [2.45, 2.75) is 37.4 Å². The van der Waals surface area contributed by atoms with Gasteiger partial charge in [-0.05, 0) is 47.5 Å². The molecule has 2 aliphatic heterocycles. The lowest BCUT2D eigenvalue weighted by Crippen LogP contribution is -2.57. The number of aliphatic hydroxyl groups is 2. The van der Waals surface area contributed by atoms with Gasteiger partial charge < -0.3 is 19.8 Å². The number of nitrogens with zero attached hydrogens (tertiary/aromatic N) is 3. The molecule has 8 heteroatoms. The third-order valence-electron chi connectivity index (χ3n) is 7.58. The molecule has 0 amide bonds. The van der Waals surface area contributed by atoms with Gasteiger partial charge in [-0.3, -0.25) is 9.80 Å².